The number of nitrogens with zero attached hydrogens (tertiary/aromatic N) is 3. The first-order valence-electron chi connectivity index (χ1n) is 12.7. The fourth-order valence-electron chi connectivity index (χ4n) is 4.73. The van der Waals surface area contributed by atoms with Crippen LogP contribution in [0.2, 0.25) is 0 Å². The maximum Gasteiger partial charge on any atom is 0.407 e. The fraction of sp³-hybridized carbons (Fsp3) is 0.429. The van der Waals surface area contributed by atoms with Gasteiger partial charge in [0, 0.05) is 36.5 Å². The van der Waals surface area contributed by atoms with Gasteiger partial charge in [-0.3, -0.25) is 4.79 Å². The molecule has 2 N–H and O–H groups in total. The molecule has 0 radical (unpaired) electrons. The van der Waals surface area contributed by atoms with Gasteiger partial charge < -0.3 is 34.1 Å². The minimum absolute atomic E-state index is 0.00732. The van der Waals surface area contributed by atoms with E-state index >= 15 is 4.39 Å². The number of aromatic nitrogens is 2. The van der Waals surface area contributed by atoms with Crippen molar-refractivity contribution in [1.29, 1.82) is 0 Å². The van der Waals surface area contributed by atoms with Gasteiger partial charge in [0.15, 0.2) is 11.6 Å². The van der Waals surface area contributed by atoms with E-state index in [-0.39, 0.29) is 41.5 Å². The maximum absolute atomic E-state index is 15.7. The molecule has 1 amide bonds. The van der Waals surface area contributed by atoms with Crippen LogP contribution in [0, 0.1) is 12.7 Å². The molecule has 40 heavy (non-hydrogen) atoms. The number of carboxylic acid groups (broad SMARTS) is 1. The van der Waals surface area contributed by atoms with Crippen LogP contribution in [0.25, 0.3) is 11.0 Å². The molecule has 2 aromatic heterocycles. The van der Waals surface area contributed by atoms with Crippen LogP contribution in [0.4, 0.5) is 15.0 Å². The molecule has 0 bridgehead atoms. The van der Waals surface area contributed by atoms with E-state index in [0.29, 0.717) is 30.0 Å². The van der Waals surface area contributed by atoms with Crippen LogP contribution in [0.5, 0.6) is 11.5 Å². The number of pyridine rings is 2. The van der Waals surface area contributed by atoms with E-state index in [0.717, 1.165) is 0 Å². The Morgan fingerprint density at radius 2 is 1.95 bits per heavy atom. The van der Waals surface area contributed by atoms with Crippen LogP contribution >= 0.6 is 0 Å². The van der Waals surface area contributed by atoms with Crippen molar-refractivity contribution in [3.63, 3.8) is 0 Å². The number of nitrogens with one attached hydrogen (secondary N) is 1. The number of halogens is 1. The second kappa shape index (κ2) is 11.0. The molecule has 4 rings (SSSR count). The highest BCUT2D eigenvalue weighted by atomic mass is 19.1. The number of alkyl carbamates (subject to hydrolysis) is 1. The number of fused-ring (bicyclic) bond motifs is 1. The highest BCUT2D eigenvalue weighted by molar-refractivity contribution is 5.93. The molecule has 0 spiro atoms. The van der Waals surface area contributed by atoms with Crippen molar-refractivity contribution in [3.05, 3.63) is 57.1 Å². The standard InChI is InChI=1S/C28H33FN4O7/c1-15-21-23(34)19(26(35)36)14-33(12-16-7-8-18(38-5)11-20(16)39-6)24(21)31-25(22(15)29)32-10-9-17(13-32)30-27(37)40-28(2,3)4/h7-8,11,14,17H,9-10,12-13H2,1-6H3,(H,30,37)(H,35,36)/t17-/m0/s1. The molecular weight excluding hydrogens is 523 g/mol. The number of aryl methyl sites for hydroxylation is 1. The monoisotopic (exact) mass is 556 g/mol. The third-order valence-electron chi connectivity index (χ3n) is 6.64. The van der Waals surface area contributed by atoms with E-state index < -0.39 is 34.5 Å². The minimum Gasteiger partial charge on any atom is -0.497 e. The van der Waals surface area contributed by atoms with Gasteiger partial charge in [0.05, 0.1) is 32.2 Å². The Kier molecular flexibility index (Phi) is 7.90. The molecule has 214 valence electrons. The maximum atomic E-state index is 15.7. The van der Waals surface area contributed by atoms with Crippen molar-refractivity contribution in [3.8, 4) is 11.5 Å². The number of anilines is 1. The average Bonchev–Trinajstić information content (AvgIpc) is 3.33. The van der Waals surface area contributed by atoms with Gasteiger partial charge in [-0.25, -0.2) is 19.0 Å². The summed E-state index contributed by atoms with van der Waals surface area (Å²) in [7, 11) is 3.02. The Labute approximate surface area is 230 Å². The average molecular weight is 557 g/mol. The quantitative estimate of drug-likeness (QED) is 0.447. The smallest absolute Gasteiger partial charge is 0.407 e. The lowest BCUT2D eigenvalue weighted by molar-refractivity contribution is 0.0508. The third-order valence-corrected chi connectivity index (χ3v) is 6.64. The SMILES string of the molecule is COc1ccc(Cn2cc(C(=O)O)c(=O)c3c(C)c(F)c(N4CC[C@H](NC(=O)OC(C)(C)C)C4)nc32)c(OC)c1. The molecule has 0 unspecified atom stereocenters. The second-order valence-electron chi connectivity index (χ2n) is 10.6. The molecule has 1 aliphatic rings. The summed E-state index contributed by atoms with van der Waals surface area (Å²) < 4.78 is 33.3. The molecule has 3 aromatic rings. The van der Waals surface area contributed by atoms with Crippen molar-refractivity contribution in [2.75, 3.05) is 32.2 Å². The summed E-state index contributed by atoms with van der Waals surface area (Å²) in [6.07, 6.45) is 1.18. The first-order chi connectivity index (χ1) is 18.8. The number of ether oxygens (including phenoxy) is 3. The number of hydrogen-bond donors (Lipinski definition) is 2. The molecule has 0 saturated carbocycles. The molecule has 0 aliphatic carbocycles. The first-order valence-corrected chi connectivity index (χ1v) is 12.7. The van der Waals surface area contributed by atoms with Crippen LogP contribution in [0.15, 0.2) is 29.2 Å². The highest BCUT2D eigenvalue weighted by Gasteiger charge is 2.30. The van der Waals surface area contributed by atoms with Gasteiger partial charge in [-0.1, -0.05) is 0 Å². The highest BCUT2D eigenvalue weighted by Crippen LogP contribution is 2.30. The van der Waals surface area contributed by atoms with E-state index in [4.69, 9.17) is 14.2 Å². The van der Waals surface area contributed by atoms with Crippen LogP contribution in [-0.4, -0.2) is 65.7 Å². The summed E-state index contributed by atoms with van der Waals surface area (Å²) in [6.45, 7) is 7.49. The summed E-state index contributed by atoms with van der Waals surface area (Å²) in [5.74, 6) is -1.09. The molecule has 12 heteroatoms. The Balaban J connectivity index is 1.78. The van der Waals surface area contributed by atoms with Crippen LogP contribution in [0.1, 0.15) is 48.7 Å². The van der Waals surface area contributed by atoms with E-state index in [1.54, 1.807) is 43.9 Å². The zero-order valence-electron chi connectivity index (χ0n) is 23.3. The van der Waals surface area contributed by atoms with Crippen molar-refractivity contribution in [1.82, 2.24) is 14.9 Å². The van der Waals surface area contributed by atoms with Crippen molar-refractivity contribution in [2.24, 2.45) is 0 Å². The fourth-order valence-corrected chi connectivity index (χ4v) is 4.73. The molecule has 1 aromatic carbocycles. The molecule has 1 saturated heterocycles. The summed E-state index contributed by atoms with van der Waals surface area (Å²) in [4.78, 5) is 43.6. The van der Waals surface area contributed by atoms with Crippen LogP contribution in [-0.2, 0) is 11.3 Å². The minimum atomic E-state index is -1.43. The van der Waals surface area contributed by atoms with Crippen molar-refractivity contribution >= 4 is 28.9 Å². The number of carbonyl (C=O) groups is 2. The number of methoxy groups -OCH3 is 2. The predicted molar refractivity (Wildman–Crippen MR) is 146 cm³/mol. The summed E-state index contributed by atoms with van der Waals surface area (Å²) >= 11 is 0. The lowest BCUT2D eigenvalue weighted by atomic mass is 10.1. The van der Waals surface area contributed by atoms with E-state index in [1.807, 2.05) is 0 Å². The van der Waals surface area contributed by atoms with Gasteiger partial charge in [-0.05, 0) is 46.2 Å². The third kappa shape index (κ3) is 5.80. The molecule has 3 heterocycles. The van der Waals surface area contributed by atoms with Gasteiger partial charge in [0.1, 0.15) is 28.3 Å². The Bertz CT molecular complexity index is 1530. The molecule has 1 aliphatic heterocycles. The Hall–Kier alpha value is -4.35. The lowest BCUT2D eigenvalue weighted by Crippen LogP contribution is -2.40. The molecule has 1 fully saturated rings. The van der Waals surface area contributed by atoms with Gasteiger partial charge in [0.2, 0.25) is 5.43 Å². The molecule has 1 atom stereocenters. The number of rotatable bonds is 7. The van der Waals surface area contributed by atoms with Gasteiger partial charge in [-0.2, -0.15) is 0 Å². The van der Waals surface area contributed by atoms with E-state index in [1.165, 1.54) is 31.9 Å². The van der Waals surface area contributed by atoms with E-state index in [9.17, 15) is 19.5 Å². The zero-order valence-corrected chi connectivity index (χ0v) is 23.3. The van der Waals surface area contributed by atoms with Gasteiger partial charge in [0.25, 0.3) is 0 Å². The second-order valence-corrected chi connectivity index (χ2v) is 10.6. The number of hydrogen-bond acceptors (Lipinski definition) is 8. The number of benzene rings is 1. The van der Waals surface area contributed by atoms with E-state index in [2.05, 4.69) is 10.3 Å². The number of carboxylic acids is 1. The van der Waals surface area contributed by atoms with Gasteiger partial charge >= 0.3 is 12.1 Å². The lowest BCUT2D eigenvalue weighted by Gasteiger charge is -2.23. The summed E-state index contributed by atoms with van der Waals surface area (Å²) in [5.41, 5.74) is -1.19. The summed E-state index contributed by atoms with van der Waals surface area (Å²) in [5, 5.41) is 12.4. The topological polar surface area (TPSA) is 132 Å². The Morgan fingerprint density at radius 1 is 1.23 bits per heavy atom. The van der Waals surface area contributed by atoms with Crippen LogP contribution < -0.4 is 25.1 Å². The largest absolute Gasteiger partial charge is 0.497 e. The van der Waals surface area contributed by atoms with Crippen LogP contribution in [0.3, 0.4) is 0 Å². The zero-order chi connectivity index (χ0) is 29.4. The number of aromatic carboxylic acids is 1. The molecule has 11 nitrogen and oxygen atoms in total. The predicted octanol–water partition coefficient (Wildman–Crippen LogP) is 3.71. The number of carbonyl (C=O) groups excluding carboxylic acids is 1. The first kappa shape index (κ1) is 28.7. The summed E-state index contributed by atoms with van der Waals surface area (Å²) in [6, 6.07) is 4.87. The van der Waals surface area contributed by atoms with Crippen molar-refractivity contribution in [2.45, 2.75) is 52.3 Å². The Morgan fingerprint density at radius 3 is 2.58 bits per heavy atom. The van der Waals surface area contributed by atoms with Crippen molar-refractivity contribution < 1.29 is 33.3 Å². The normalized spacial score (nSPS) is 15.3. The van der Waals surface area contributed by atoms with Gasteiger partial charge in [-0.15, -0.1) is 0 Å². The number of amides is 1. The molecular formula is C28H33FN4O7.